The minimum absolute atomic E-state index is 0.0202. The normalized spacial score (nSPS) is 25.8. The van der Waals surface area contributed by atoms with Crippen molar-refractivity contribution in [1.29, 1.82) is 0 Å². The van der Waals surface area contributed by atoms with Crippen LogP contribution in [0.2, 0.25) is 0 Å². The molecule has 0 atom stereocenters. The molecule has 3 rings (SSSR count). The predicted molar refractivity (Wildman–Crippen MR) is 100.0 cm³/mol. The highest BCUT2D eigenvalue weighted by Crippen LogP contribution is 2.33. The first-order valence-corrected chi connectivity index (χ1v) is 10.8. The van der Waals surface area contributed by atoms with Crippen molar-refractivity contribution >= 4 is 21.9 Å². The summed E-state index contributed by atoms with van der Waals surface area (Å²) in [5.74, 6) is -1.16. The molecule has 0 aromatic heterocycles. The van der Waals surface area contributed by atoms with Crippen LogP contribution in [-0.4, -0.2) is 37.0 Å². The SMILES string of the molecule is Cc1ccc(S(=O)(=O)NC2CC2)cc1C(=O)NC1(C(=O)O)CCC(C)CC1. The van der Waals surface area contributed by atoms with Gasteiger partial charge < -0.3 is 10.4 Å². The average molecular weight is 394 g/mol. The zero-order chi connectivity index (χ0) is 19.8. The van der Waals surface area contributed by atoms with Gasteiger partial charge in [-0.25, -0.2) is 17.9 Å². The van der Waals surface area contributed by atoms with E-state index < -0.39 is 27.4 Å². The molecule has 2 fully saturated rings. The Morgan fingerprint density at radius 1 is 1.15 bits per heavy atom. The monoisotopic (exact) mass is 394 g/mol. The molecule has 1 aromatic rings. The van der Waals surface area contributed by atoms with Crippen molar-refractivity contribution in [2.75, 3.05) is 0 Å². The van der Waals surface area contributed by atoms with Gasteiger partial charge in [-0.3, -0.25) is 4.79 Å². The molecule has 0 aliphatic heterocycles. The first kappa shape index (κ1) is 19.8. The fourth-order valence-corrected chi connectivity index (χ4v) is 4.76. The van der Waals surface area contributed by atoms with Crippen LogP contribution in [-0.2, 0) is 14.8 Å². The number of aryl methyl sites for hydroxylation is 1. The number of benzene rings is 1. The summed E-state index contributed by atoms with van der Waals surface area (Å²) in [6.45, 7) is 3.77. The van der Waals surface area contributed by atoms with Gasteiger partial charge >= 0.3 is 5.97 Å². The van der Waals surface area contributed by atoms with Crippen molar-refractivity contribution in [3.63, 3.8) is 0 Å². The van der Waals surface area contributed by atoms with E-state index in [1.54, 1.807) is 13.0 Å². The highest BCUT2D eigenvalue weighted by atomic mass is 32.2. The number of sulfonamides is 1. The molecule has 1 aromatic carbocycles. The van der Waals surface area contributed by atoms with E-state index in [0.29, 0.717) is 24.3 Å². The number of rotatable bonds is 6. The van der Waals surface area contributed by atoms with Crippen molar-refractivity contribution in [3.05, 3.63) is 29.3 Å². The maximum absolute atomic E-state index is 12.8. The Morgan fingerprint density at radius 2 is 1.78 bits per heavy atom. The van der Waals surface area contributed by atoms with E-state index in [0.717, 1.165) is 25.7 Å². The quantitative estimate of drug-likeness (QED) is 0.685. The second kappa shape index (κ2) is 7.24. The van der Waals surface area contributed by atoms with Crippen LogP contribution >= 0.6 is 0 Å². The summed E-state index contributed by atoms with van der Waals surface area (Å²) < 4.78 is 27.4. The molecular formula is C19H26N2O5S. The Kier molecular flexibility index (Phi) is 5.31. The number of hydrogen-bond donors (Lipinski definition) is 3. The number of hydrogen-bond acceptors (Lipinski definition) is 4. The summed E-state index contributed by atoms with van der Waals surface area (Å²) in [5, 5.41) is 12.4. The van der Waals surface area contributed by atoms with E-state index >= 15 is 0 Å². The zero-order valence-electron chi connectivity index (χ0n) is 15.6. The lowest BCUT2D eigenvalue weighted by molar-refractivity contribution is -0.146. The summed E-state index contributed by atoms with van der Waals surface area (Å²) in [6.07, 6.45) is 3.83. The Labute approximate surface area is 159 Å². The van der Waals surface area contributed by atoms with E-state index in [2.05, 4.69) is 17.0 Å². The van der Waals surface area contributed by atoms with Crippen LogP contribution in [0.5, 0.6) is 0 Å². The largest absolute Gasteiger partial charge is 0.480 e. The minimum Gasteiger partial charge on any atom is -0.480 e. The van der Waals surface area contributed by atoms with Gasteiger partial charge in [-0.2, -0.15) is 0 Å². The van der Waals surface area contributed by atoms with Gasteiger partial charge in [0, 0.05) is 11.6 Å². The van der Waals surface area contributed by atoms with E-state index in [-0.39, 0.29) is 16.5 Å². The number of carboxylic acids is 1. The molecule has 2 aliphatic rings. The third-order valence-electron chi connectivity index (χ3n) is 5.55. The molecule has 0 bridgehead atoms. The maximum Gasteiger partial charge on any atom is 0.329 e. The fraction of sp³-hybridized carbons (Fsp3) is 0.579. The first-order valence-electron chi connectivity index (χ1n) is 9.32. The van der Waals surface area contributed by atoms with Gasteiger partial charge in [0.1, 0.15) is 5.54 Å². The minimum atomic E-state index is -3.69. The van der Waals surface area contributed by atoms with E-state index in [1.807, 2.05) is 0 Å². The van der Waals surface area contributed by atoms with Crippen LogP contribution in [0, 0.1) is 12.8 Å². The summed E-state index contributed by atoms with van der Waals surface area (Å²) in [6, 6.07) is 4.34. The molecular weight excluding hydrogens is 368 g/mol. The van der Waals surface area contributed by atoms with Gasteiger partial charge in [0.25, 0.3) is 5.91 Å². The lowest BCUT2D eigenvalue weighted by Gasteiger charge is -2.36. The molecule has 0 unspecified atom stereocenters. The molecule has 0 radical (unpaired) electrons. The number of amides is 1. The van der Waals surface area contributed by atoms with Crippen molar-refractivity contribution in [2.45, 2.75) is 68.8 Å². The Hall–Kier alpha value is -1.93. The van der Waals surface area contributed by atoms with Crippen molar-refractivity contribution in [2.24, 2.45) is 5.92 Å². The Morgan fingerprint density at radius 3 is 2.33 bits per heavy atom. The van der Waals surface area contributed by atoms with Gasteiger partial charge in [0.15, 0.2) is 0 Å². The molecule has 2 aliphatic carbocycles. The smallest absolute Gasteiger partial charge is 0.329 e. The fourth-order valence-electron chi connectivity index (χ4n) is 3.43. The summed E-state index contributed by atoms with van der Waals surface area (Å²) in [7, 11) is -3.69. The zero-order valence-corrected chi connectivity index (χ0v) is 16.4. The van der Waals surface area contributed by atoms with Crippen LogP contribution in [0.3, 0.4) is 0 Å². The lowest BCUT2D eigenvalue weighted by atomic mass is 9.77. The summed E-state index contributed by atoms with van der Waals surface area (Å²) in [5.41, 5.74) is -0.507. The first-order chi connectivity index (χ1) is 12.6. The molecule has 8 heteroatoms. The van der Waals surface area contributed by atoms with E-state index in [1.165, 1.54) is 12.1 Å². The predicted octanol–water partition coefficient (Wildman–Crippen LogP) is 2.20. The molecule has 0 spiro atoms. The van der Waals surface area contributed by atoms with Crippen LogP contribution in [0.1, 0.15) is 61.4 Å². The standard InChI is InChI=1S/C19H26N2O5S/c1-12-7-9-19(10-8-12,18(23)24)20-17(22)16-11-15(6-3-13(16)2)27(25,26)21-14-4-5-14/h3,6,11-12,14,21H,4-5,7-10H2,1-2H3,(H,20,22)(H,23,24). The third kappa shape index (κ3) is 4.32. The molecule has 27 heavy (non-hydrogen) atoms. The molecule has 0 saturated heterocycles. The molecule has 148 valence electrons. The number of carbonyl (C=O) groups excluding carboxylic acids is 1. The second-order valence-electron chi connectivity index (χ2n) is 7.90. The number of carbonyl (C=O) groups is 2. The number of nitrogens with one attached hydrogen (secondary N) is 2. The van der Waals surface area contributed by atoms with E-state index in [9.17, 15) is 23.1 Å². The summed E-state index contributed by atoms with van der Waals surface area (Å²) in [4.78, 5) is 24.7. The van der Waals surface area contributed by atoms with Gasteiger partial charge in [-0.05, 0) is 69.1 Å². The van der Waals surface area contributed by atoms with Crippen LogP contribution < -0.4 is 10.0 Å². The van der Waals surface area contributed by atoms with Crippen LogP contribution in [0.4, 0.5) is 0 Å². The maximum atomic E-state index is 12.8. The highest BCUT2D eigenvalue weighted by Gasteiger charge is 2.42. The molecule has 3 N–H and O–H groups in total. The highest BCUT2D eigenvalue weighted by molar-refractivity contribution is 7.89. The summed E-state index contributed by atoms with van der Waals surface area (Å²) >= 11 is 0. The molecule has 1 amide bonds. The Bertz CT molecular complexity index is 853. The second-order valence-corrected chi connectivity index (χ2v) is 9.61. The third-order valence-corrected chi connectivity index (χ3v) is 7.07. The Balaban J connectivity index is 1.85. The van der Waals surface area contributed by atoms with Gasteiger partial charge in [-0.15, -0.1) is 0 Å². The van der Waals surface area contributed by atoms with Gasteiger partial charge in [0.2, 0.25) is 10.0 Å². The van der Waals surface area contributed by atoms with Crippen LogP contribution in [0.25, 0.3) is 0 Å². The molecule has 7 nitrogen and oxygen atoms in total. The van der Waals surface area contributed by atoms with Crippen molar-refractivity contribution < 1.29 is 23.1 Å². The van der Waals surface area contributed by atoms with Crippen molar-refractivity contribution in [1.82, 2.24) is 10.0 Å². The average Bonchev–Trinajstić information content (AvgIpc) is 3.40. The van der Waals surface area contributed by atoms with Crippen LogP contribution in [0.15, 0.2) is 23.1 Å². The van der Waals surface area contributed by atoms with E-state index in [4.69, 9.17) is 0 Å². The lowest BCUT2D eigenvalue weighted by Crippen LogP contribution is -2.56. The topological polar surface area (TPSA) is 113 Å². The van der Waals surface area contributed by atoms with Gasteiger partial charge in [-0.1, -0.05) is 13.0 Å². The number of aliphatic carboxylic acids is 1. The molecule has 0 heterocycles. The van der Waals surface area contributed by atoms with Gasteiger partial charge in [0.05, 0.1) is 4.90 Å². The number of carboxylic acid groups (broad SMARTS) is 1. The molecule has 2 saturated carbocycles. The van der Waals surface area contributed by atoms with Crippen molar-refractivity contribution in [3.8, 4) is 0 Å².